The summed E-state index contributed by atoms with van der Waals surface area (Å²) in [4.78, 5) is 0. The molecule has 0 atom stereocenters. The molecule has 0 saturated heterocycles. The van der Waals surface area contributed by atoms with E-state index in [9.17, 15) is 0 Å². The van der Waals surface area contributed by atoms with Crippen LogP contribution in [0.3, 0.4) is 0 Å². The predicted molar refractivity (Wildman–Crippen MR) is 71.7 cm³/mol. The molecule has 0 aliphatic rings. The van der Waals surface area contributed by atoms with Crippen molar-refractivity contribution >= 4 is 21.6 Å². The second-order valence-corrected chi connectivity index (χ2v) is 5.69. The van der Waals surface area contributed by atoms with Crippen molar-refractivity contribution in [2.24, 2.45) is 0 Å². The minimum absolute atomic E-state index is 0. The zero-order valence-corrected chi connectivity index (χ0v) is 17.8. The van der Waals surface area contributed by atoms with Crippen molar-refractivity contribution in [2.75, 3.05) is 37.7 Å². The Morgan fingerprint density at radius 2 is 1.06 bits per heavy atom. The predicted octanol–water partition coefficient (Wildman–Crippen LogP) is 3.93. The summed E-state index contributed by atoms with van der Waals surface area (Å²) in [6, 6.07) is 0. The summed E-state index contributed by atoms with van der Waals surface area (Å²) in [5, 5.41) is 8.76. The maximum absolute atomic E-state index is 4.38. The fourth-order valence-corrected chi connectivity index (χ4v) is 2.66. The molecule has 0 amide bonds. The molecule has 0 bridgehead atoms. The van der Waals surface area contributed by atoms with Gasteiger partial charge in [-0.05, 0) is 11.5 Å². The van der Waals surface area contributed by atoms with E-state index in [-0.39, 0.29) is 65.4 Å². The maximum atomic E-state index is 4.38. The van der Waals surface area contributed by atoms with Crippen LogP contribution in [-0.2, 0) is 65.4 Å². The molecular weight excluding hydrogens is 390 g/mol. The molecule has 2 radical (unpaired) electrons. The Morgan fingerprint density at radius 1 is 0.688 bits per heavy atom. The van der Waals surface area contributed by atoms with Crippen LogP contribution >= 0.6 is 21.6 Å². The second kappa shape index (κ2) is 23.0. The van der Waals surface area contributed by atoms with E-state index in [1.165, 1.54) is 12.8 Å². The normalized spacial score (nSPS) is 9.38. The van der Waals surface area contributed by atoms with Crippen LogP contribution in [0.5, 0.6) is 0 Å². The van der Waals surface area contributed by atoms with E-state index in [1.54, 1.807) is 0 Å². The van der Waals surface area contributed by atoms with Crippen molar-refractivity contribution < 1.29 is 65.4 Å². The second-order valence-electron chi connectivity index (χ2n) is 2.99. The average Bonchev–Trinajstić information content (AvgIpc) is 2.21. The molecule has 0 unspecified atom stereocenters. The largest absolute Gasteiger partial charge is 0.662 e. The SMILES string of the molecule is CCC[N-]CCSSCC[N-]CCC.[Y].[Y]. The van der Waals surface area contributed by atoms with Crippen LogP contribution < -0.4 is 0 Å². The van der Waals surface area contributed by atoms with E-state index >= 15 is 0 Å². The van der Waals surface area contributed by atoms with Gasteiger partial charge in [0.2, 0.25) is 0 Å². The Morgan fingerprint density at radius 3 is 1.38 bits per heavy atom. The molecule has 0 aromatic heterocycles. The van der Waals surface area contributed by atoms with Crippen molar-refractivity contribution in [3.8, 4) is 0 Å². The molecule has 0 fully saturated rings. The topological polar surface area (TPSA) is 28.2 Å². The van der Waals surface area contributed by atoms with Gasteiger partial charge in [-0.1, -0.05) is 48.3 Å². The first-order chi connectivity index (χ1) is 6.91. The van der Waals surface area contributed by atoms with Crippen LogP contribution in [0.15, 0.2) is 0 Å². The summed E-state index contributed by atoms with van der Waals surface area (Å²) in [6.45, 7) is 8.41. The molecule has 6 heteroatoms. The smallest absolute Gasteiger partial charge is 0 e. The van der Waals surface area contributed by atoms with Crippen LogP contribution in [0.2, 0.25) is 0 Å². The molecule has 16 heavy (non-hydrogen) atoms. The van der Waals surface area contributed by atoms with Crippen LogP contribution in [0.4, 0.5) is 0 Å². The van der Waals surface area contributed by atoms with Gasteiger partial charge in [0.05, 0.1) is 0 Å². The Hall–Kier alpha value is 2.83. The molecular formula is C10H22N2S2Y2-2. The third-order valence-corrected chi connectivity index (χ3v) is 3.88. The first-order valence-electron chi connectivity index (χ1n) is 5.42. The molecule has 0 saturated carbocycles. The van der Waals surface area contributed by atoms with Gasteiger partial charge in [-0.25, -0.2) is 0 Å². The van der Waals surface area contributed by atoms with Gasteiger partial charge in [-0.15, -0.1) is 26.2 Å². The molecule has 0 aliphatic carbocycles. The van der Waals surface area contributed by atoms with Gasteiger partial charge < -0.3 is 10.6 Å². The fourth-order valence-electron chi connectivity index (χ4n) is 0.861. The van der Waals surface area contributed by atoms with Gasteiger partial charge in [-0.3, -0.25) is 0 Å². The number of nitrogens with zero attached hydrogens (tertiary/aromatic N) is 2. The summed E-state index contributed by atoms with van der Waals surface area (Å²) >= 11 is 0. The summed E-state index contributed by atoms with van der Waals surface area (Å²) < 4.78 is 0. The molecule has 0 heterocycles. The van der Waals surface area contributed by atoms with E-state index in [1.807, 2.05) is 21.6 Å². The number of hydrogen-bond donors (Lipinski definition) is 0. The van der Waals surface area contributed by atoms with E-state index in [4.69, 9.17) is 0 Å². The molecule has 0 rings (SSSR count). The molecule has 0 aromatic carbocycles. The zero-order valence-electron chi connectivity index (χ0n) is 10.5. The molecule has 2 nitrogen and oxygen atoms in total. The number of hydrogen-bond acceptors (Lipinski definition) is 2. The van der Waals surface area contributed by atoms with E-state index in [0.717, 1.165) is 37.7 Å². The Labute approximate surface area is 160 Å². The van der Waals surface area contributed by atoms with Crippen molar-refractivity contribution in [1.82, 2.24) is 0 Å². The molecule has 92 valence electrons. The summed E-state index contributed by atoms with van der Waals surface area (Å²) in [7, 11) is 3.85. The average molecular weight is 412 g/mol. The van der Waals surface area contributed by atoms with Gasteiger partial charge in [0.15, 0.2) is 0 Å². The van der Waals surface area contributed by atoms with E-state index in [2.05, 4.69) is 24.5 Å². The standard InChI is InChI=1S/C10H22N2S2.2Y/c1-3-5-11-7-9-13-14-10-8-12-6-4-2;;/h3-10H2,1-2H3;;/q-2;;. The first-order valence-corrected chi connectivity index (χ1v) is 7.91. The van der Waals surface area contributed by atoms with Crippen molar-refractivity contribution in [1.29, 1.82) is 0 Å². The number of rotatable bonds is 11. The summed E-state index contributed by atoms with van der Waals surface area (Å²) in [6.07, 6.45) is 2.35. The third-order valence-electron chi connectivity index (χ3n) is 1.51. The van der Waals surface area contributed by atoms with Crippen LogP contribution in [0.25, 0.3) is 10.6 Å². The molecule has 0 N–H and O–H groups in total. The zero-order chi connectivity index (χ0) is 10.5. The molecule has 0 aromatic rings. The first kappa shape index (κ1) is 23.9. The van der Waals surface area contributed by atoms with Crippen LogP contribution in [0.1, 0.15) is 26.7 Å². The van der Waals surface area contributed by atoms with E-state index < -0.39 is 0 Å². The van der Waals surface area contributed by atoms with Crippen molar-refractivity contribution in [3.63, 3.8) is 0 Å². The Bertz CT molecular complexity index is 98.8. The third kappa shape index (κ3) is 22.0. The minimum atomic E-state index is 0. The van der Waals surface area contributed by atoms with Crippen molar-refractivity contribution in [2.45, 2.75) is 26.7 Å². The maximum Gasteiger partial charge on any atom is 0 e. The quantitative estimate of drug-likeness (QED) is 0.380. The fraction of sp³-hybridized carbons (Fsp3) is 1.00. The van der Waals surface area contributed by atoms with Crippen LogP contribution in [0, 0.1) is 0 Å². The van der Waals surface area contributed by atoms with Crippen LogP contribution in [-0.4, -0.2) is 37.7 Å². The van der Waals surface area contributed by atoms with Gasteiger partial charge in [0.1, 0.15) is 0 Å². The van der Waals surface area contributed by atoms with Gasteiger partial charge in [0.25, 0.3) is 0 Å². The summed E-state index contributed by atoms with van der Waals surface area (Å²) in [5.74, 6) is 2.30. The van der Waals surface area contributed by atoms with Crippen molar-refractivity contribution in [3.05, 3.63) is 10.6 Å². The van der Waals surface area contributed by atoms with Gasteiger partial charge >= 0.3 is 0 Å². The summed E-state index contributed by atoms with van der Waals surface area (Å²) in [5.41, 5.74) is 0. The Kier molecular flexibility index (Phi) is 34.3. The minimum Gasteiger partial charge on any atom is -0.662 e. The van der Waals surface area contributed by atoms with Gasteiger partial charge in [-0.2, -0.15) is 0 Å². The molecule has 0 spiro atoms. The van der Waals surface area contributed by atoms with E-state index in [0.29, 0.717) is 0 Å². The Balaban J connectivity index is -0.000000845. The monoisotopic (exact) mass is 412 g/mol. The van der Waals surface area contributed by atoms with Gasteiger partial charge in [0, 0.05) is 65.4 Å². The molecule has 0 aliphatic heterocycles.